The number of likely N-dealkylation sites (tertiary alicyclic amines) is 1. The van der Waals surface area contributed by atoms with Gasteiger partial charge in [-0.3, -0.25) is 0 Å². The summed E-state index contributed by atoms with van der Waals surface area (Å²) in [5, 5.41) is 0. The lowest BCUT2D eigenvalue weighted by Crippen LogP contribution is -2.42. The highest BCUT2D eigenvalue weighted by atomic mass is 79.9. The van der Waals surface area contributed by atoms with Gasteiger partial charge in [0.25, 0.3) is 0 Å². The smallest absolute Gasteiger partial charge is 0.417 e. The summed E-state index contributed by atoms with van der Waals surface area (Å²) in [5.74, 6) is 0.00449. The molecule has 1 unspecified atom stereocenters. The second kappa shape index (κ2) is 6.94. The van der Waals surface area contributed by atoms with E-state index >= 15 is 0 Å². The van der Waals surface area contributed by atoms with Gasteiger partial charge in [-0.05, 0) is 51.3 Å². The molecule has 7 heteroatoms. The predicted octanol–water partition coefficient (Wildman–Crippen LogP) is 5.58. The van der Waals surface area contributed by atoms with Crippen LogP contribution in [0.3, 0.4) is 0 Å². The fraction of sp³-hybridized carbons (Fsp3) is 0.588. The lowest BCUT2D eigenvalue weighted by atomic mass is 9.90. The average Bonchev–Trinajstić information content (AvgIpc) is 2.44. The zero-order chi connectivity index (χ0) is 18.1. The van der Waals surface area contributed by atoms with Gasteiger partial charge in [0, 0.05) is 23.5 Å². The largest absolute Gasteiger partial charge is 0.444 e. The van der Waals surface area contributed by atoms with E-state index in [1.54, 1.807) is 25.7 Å². The molecule has 0 saturated carbocycles. The van der Waals surface area contributed by atoms with Crippen molar-refractivity contribution in [2.45, 2.75) is 51.3 Å². The van der Waals surface area contributed by atoms with E-state index in [0.29, 0.717) is 13.1 Å². The number of halogens is 4. The minimum absolute atomic E-state index is 0.00449. The van der Waals surface area contributed by atoms with E-state index in [1.165, 1.54) is 12.1 Å². The van der Waals surface area contributed by atoms with Gasteiger partial charge in [-0.25, -0.2) is 4.79 Å². The molecule has 1 aliphatic rings. The van der Waals surface area contributed by atoms with Crippen LogP contribution in [0.5, 0.6) is 0 Å². The molecule has 0 bridgehead atoms. The Morgan fingerprint density at radius 2 is 1.96 bits per heavy atom. The number of nitrogens with zero attached hydrogens (tertiary/aromatic N) is 1. The summed E-state index contributed by atoms with van der Waals surface area (Å²) < 4.78 is 44.0. The van der Waals surface area contributed by atoms with Gasteiger partial charge in [0.05, 0.1) is 5.56 Å². The first kappa shape index (κ1) is 19.1. The van der Waals surface area contributed by atoms with Crippen molar-refractivity contribution < 1.29 is 22.7 Å². The molecule has 1 amide bonds. The number of benzene rings is 1. The molecule has 1 aromatic carbocycles. The number of piperidine rings is 1. The van der Waals surface area contributed by atoms with Crippen LogP contribution in [0.4, 0.5) is 18.0 Å². The van der Waals surface area contributed by atoms with Gasteiger partial charge in [0.1, 0.15) is 5.60 Å². The Labute approximate surface area is 148 Å². The molecule has 1 atom stereocenters. The standard InChI is InChI=1S/C17H21BrF3NO2/c1-16(2,3)24-15(23)22-8-4-5-12(10-22)11-6-7-13(14(18)9-11)17(19,20)21/h6-7,9,12H,4-5,8,10H2,1-3H3. The number of hydrogen-bond acceptors (Lipinski definition) is 2. The van der Waals surface area contributed by atoms with E-state index in [-0.39, 0.29) is 16.5 Å². The molecule has 1 heterocycles. The van der Waals surface area contributed by atoms with Gasteiger partial charge < -0.3 is 9.64 Å². The van der Waals surface area contributed by atoms with E-state index in [9.17, 15) is 18.0 Å². The molecule has 0 aromatic heterocycles. The molecule has 1 aromatic rings. The number of hydrogen-bond donors (Lipinski definition) is 0. The normalized spacial score (nSPS) is 19.3. The minimum Gasteiger partial charge on any atom is -0.444 e. The van der Waals surface area contributed by atoms with Gasteiger partial charge in [-0.2, -0.15) is 13.2 Å². The van der Waals surface area contributed by atoms with Gasteiger partial charge in [0.15, 0.2) is 0 Å². The highest BCUT2D eigenvalue weighted by Crippen LogP contribution is 2.37. The molecule has 3 nitrogen and oxygen atoms in total. The second-order valence-corrected chi connectivity index (χ2v) is 7.86. The maximum absolute atomic E-state index is 12.8. The minimum atomic E-state index is -4.38. The molecular formula is C17H21BrF3NO2. The monoisotopic (exact) mass is 407 g/mol. The molecule has 1 fully saturated rings. The summed E-state index contributed by atoms with van der Waals surface area (Å²) in [5.41, 5.74) is -0.462. The fourth-order valence-electron chi connectivity index (χ4n) is 2.76. The Bertz CT molecular complexity index is 611. The van der Waals surface area contributed by atoms with Crippen LogP contribution in [-0.2, 0) is 10.9 Å². The first-order valence-corrected chi connectivity index (χ1v) is 8.61. The van der Waals surface area contributed by atoms with Crippen molar-refractivity contribution in [2.24, 2.45) is 0 Å². The van der Waals surface area contributed by atoms with Crippen LogP contribution in [0.15, 0.2) is 22.7 Å². The fourth-order valence-corrected chi connectivity index (χ4v) is 3.38. The van der Waals surface area contributed by atoms with Crippen LogP contribution in [0.25, 0.3) is 0 Å². The van der Waals surface area contributed by atoms with Crippen molar-refractivity contribution in [2.75, 3.05) is 13.1 Å². The predicted molar refractivity (Wildman–Crippen MR) is 88.9 cm³/mol. The lowest BCUT2D eigenvalue weighted by Gasteiger charge is -2.34. The van der Waals surface area contributed by atoms with Crippen LogP contribution in [0.2, 0.25) is 0 Å². The van der Waals surface area contributed by atoms with Crippen molar-refractivity contribution in [3.8, 4) is 0 Å². The summed E-state index contributed by atoms with van der Waals surface area (Å²) in [6.07, 6.45) is -3.13. The molecule has 134 valence electrons. The molecule has 1 saturated heterocycles. The average molecular weight is 408 g/mol. The number of carbonyl (C=O) groups is 1. The van der Waals surface area contributed by atoms with Crippen molar-refractivity contribution >= 4 is 22.0 Å². The molecule has 1 aliphatic heterocycles. The van der Waals surface area contributed by atoms with Crippen LogP contribution >= 0.6 is 15.9 Å². The number of rotatable bonds is 1. The Morgan fingerprint density at radius 3 is 2.50 bits per heavy atom. The second-order valence-electron chi connectivity index (χ2n) is 7.00. The van der Waals surface area contributed by atoms with E-state index < -0.39 is 17.3 Å². The molecular weight excluding hydrogens is 387 g/mol. The summed E-state index contributed by atoms with van der Waals surface area (Å²) in [4.78, 5) is 13.8. The third-order valence-corrected chi connectivity index (χ3v) is 4.50. The first-order chi connectivity index (χ1) is 11.0. The highest BCUT2D eigenvalue weighted by Gasteiger charge is 2.34. The van der Waals surface area contributed by atoms with Crippen molar-refractivity contribution in [1.82, 2.24) is 4.90 Å². The third kappa shape index (κ3) is 4.88. The van der Waals surface area contributed by atoms with Gasteiger partial charge in [0.2, 0.25) is 0 Å². The van der Waals surface area contributed by atoms with E-state index in [0.717, 1.165) is 24.5 Å². The van der Waals surface area contributed by atoms with E-state index in [2.05, 4.69) is 15.9 Å². The summed E-state index contributed by atoms with van der Waals surface area (Å²) in [6.45, 7) is 6.47. The molecule has 24 heavy (non-hydrogen) atoms. The first-order valence-electron chi connectivity index (χ1n) is 7.82. The third-order valence-electron chi connectivity index (χ3n) is 3.84. The van der Waals surface area contributed by atoms with Crippen LogP contribution < -0.4 is 0 Å². The van der Waals surface area contributed by atoms with Crippen molar-refractivity contribution in [3.05, 3.63) is 33.8 Å². The highest BCUT2D eigenvalue weighted by molar-refractivity contribution is 9.10. The van der Waals surface area contributed by atoms with Crippen LogP contribution in [0.1, 0.15) is 50.7 Å². The zero-order valence-electron chi connectivity index (χ0n) is 13.9. The Morgan fingerprint density at radius 1 is 1.29 bits per heavy atom. The van der Waals surface area contributed by atoms with E-state index in [4.69, 9.17) is 4.74 Å². The molecule has 0 spiro atoms. The summed E-state index contributed by atoms with van der Waals surface area (Å²) in [6, 6.07) is 4.09. The molecule has 2 rings (SSSR count). The lowest BCUT2D eigenvalue weighted by molar-refractivity contribution is -0.138. The SMILES string of the molecule is CC(C)(C)OC(=O)N1CCCC(c2ccc(C(F)(F)F)c(Br)c2)C1. The number of alkyl halides is 3. The summed E-state index contributed by atoms with van der Waals surface area (Å²) >= 11 is 3.01. The van der Waals surface area contributed by atoms with Crippen molar-refractivity contribution in [3.63, 3.8) is 0 Å². The zero-order valence-corrected chi connectivity index (χ0v) is 15.5. The Hall–Kier alpha value is -1.24. The molecule has 0 radical (unpaired) electrons. The van der Waals surface area contributed by atoms with Crippen LogP contribution in [0, 0.1) is 0 Å². The number of carbonyl (C=O) groups excluding carboxylic acids is 1. The van der Waals surface area contributed by atoms with Gasteiger partial charge in [-0.15, -0.1) is 0 Å². The number of ether oxygens (including phenoxy) is 1. The molecule has 0 aliphatic carbocycles. The summed E-state index contributed by atoms with van der Waals surface area (Å²) in [7, 11) is 0. The van der Waals surface area contributed by atoms with Gasteiger partial charge >= 0.3 is 12.3 Å². The van der Waals surface area contributed by atoms with E-state index in [1.807, 2.05) is 0 Å². The molecule has 0 N–H and O–H groups in total. The van der Waals surface area contributed by atoms with Gasteiger partial charge in [-0.1, -0.05) is 22.0 Å². The number of amides is 1. The topological polar surface area (TPSA) is 29.5 Å². The van der Waals surface area contributed by atoms with Crippen molar-refractivity contribution in [1.29, 1.82) is 0 Å². The van der Waals surface area contributed by atoms with Crippen LogP contribution in [-0.4, -0.2) is 29.7 Å². The Balaban J connectivity index is 2.12. The maximum atomic E-state index is 12.8. The maximum Gasteiger partial charge on any atom is 0.417 e. The quantitative estimate of drug-likeness (QED) is 0.607. The Kier molecular flexibility index (Phi) is 5.52.